The molecule has 0 atom stereocenters. The van der Waals surface area contributed by atoms with E-state index in [2.05, 4.69) is 251 Å². The molecular weight excluding hydrogens is 1040 g/mol. The summed E-state index contributed by atoms with van der Waals surface area (Å²) in [5.74, 6) is 2.07. The minimum absolute atomic E-state index is 0. The van der Waals surface area contributed by atoms with Crippen molar-refractivity contribution in [2.24, 2.45) is 0 Å². The monoisotopic (exact) mass is 1080 g/mol. The first-order valence-electron chi connectivity index (χ1n) is 23.9. The van der Waals surface area contributed by atoms with Crippen molar-refractivity contribution in [3.8, 4) is 17.3 Å². The molecule has 0 bridgehead atoms. The van der Waals surface area contributed by atoms with Crippen molar-refractivity contribution >= 4 is 98.5 Å². The Hall–Kier alpha value is -7.46. The van der Waals surface area contributed by atoms with Crippen molar-refractivity contribution in [1.29, 1.82) is 0 Å². The van der Waals surface area contributed by atoms with Crippen LogP contribution in [-0.4, -0.2) is 9.55 Å². The minimum Gasteiger partial charge on any atom is -0.509 e. The van der Waals surface area contributed by atoms with Crippen molar-refractivity contribution in [3.05, 3.63) is 212 Å². The normalized spacial score (nSPS) is 13.1. The van der Waals surface area contributed by atoms with Crippen molar-refractivity contribution in [3.63, 3.8) is 0 Å². The minimum atomic E-state index is -0.172. The molecule has 1 aliphatic rings. The van der Waals surface area contributed by atoms with E-state index in [-0.39, 0.29) is 31.9 Å². The van der Waals surface area contributed by atoms with Gasteiger partial charge in [0.25, 0.3) is 0 Å². The van der Waals surface area contributed by atoms with Gasteiger partial charge in [-0.25, -0.2) is 4.98 Å². The van der Waals surface area contributed by atoms with Gasteiger partial charge in [0, 0.05) is 71.3 Å². The molecule has 0 saturated heterocycles. The molecule has 0 fully saturated rings. The second-order valence-electron chi connectivity index (χ2n) is 20.5. The van der Waals surface area contributed by atoms with E-state index in [1.54, 1.807) is 0 Å². The number of pyridine rings is 1. The van der Waals surface area contributed by atoms with E-state index in [9.17, 15) is 0 Å². The van der Waals surface area contributed by atoms with Gasteiger partial charge in [0.2, 0.25) is 0 Å². The maximum Gasteiger partial charge on any atom is 0.144 e. The summed E-state index contributed by atoms with van der Waals surface area (Å²) in [6.07, 6.45) is 0. The summed E-state index contributed by atoms with van der Waals surface area (Å²) in [7, 11) is 0. The Balaban J connectivity index is 0.00000505. The van der Waals surface area contributed by atoms with E-state index in [1.165, 1.54) is 43.3 Å². The largest absolute Gasteiger partial charge is 0.509 e. The van der Waals surface area contributed by atoms with Crippen LogP contribution in [-0.2, 0) is 31.9 Å². The van der Waals surface area contributed by atoms with Crippen LogP contribution in [0.3, 0.4) is 0 Å². The molecule has 0 saturated carbocycles. The third-order valence-corrected chi connectivity index (χ3v) is 14.1. The van der Waals surface area contributed by atoms with E-state index >= 15 is 0 Å². The molecule has 13 rings (SSSR count). The Bertz CT molecular complexity index is 4060. The van der Waals surface area contributed by atoms with Gasteiger partial charge < -0.3 is 19.1 Å². The molecule has 5 nitrogen and oxygen atoms in total. The van der Waals surface area contributed by atoms with Gasteiger partial charge in [-0.2, -0.15) is 6.07 Å². The van der Waals surface area contributed by atoms with Crippen LogP contribution in [0.1, 0.15) is 52.7 Å². The van der Waals surface area contributed by atoms with Crippen LogP contribution in [0.4, 0.5) is 22.7 Å². The number of anilines is 4. The molecule has 1 aliphatic heterocycles. The summed E-state index contributed by atoms with van der Waals surface area (Å²) in [5.41, 5.74) is 9.40. The van der Waals surface area contributed by atoms with Crippen LogP contribution in [0.15, 0.2) is 182 Å². The predicted molar refractivity (Wildman–Crippen MR) is 289 cm³/mol. The standard InChI is InChI=1S/C64H49N4O.Pt/c1-63(2,3)43-27-29-45(30-28-43)66-39-67(57-22-14-13-21-56(57)66)46-35-44(64(4,5)6)36-48(37-46)69-47-31-33-52-51-19-11-12-20-55(51)68(58(52)38-47)62-53-32-25-41-16-8-10-18-50(41)60(53)61-54(65-62)34-26-42-24-23-40-15-7-9-17-49(40)59(42)61;/h7-36,39H,1-6H3;/q-3;. The van der Waals surface area contributed by atoms with Crippen LogP contribution in [0.5, 0.6) is 11.5 Å². The van der Waals surface area contributed by atoms with Gasteiger partial charge >= 0.3 is 0 Å². The molecule has 3 heterocycles. The maximum absolute atomic E-state index is 6.96. The quantitative estimate of drug-likeness (QED) is 0.127. The number of aromatic nitrogens is 2. The Kier molecular flexibility index (Phi) is 10.2. The second kappa shape index (κ2) is 16.3. The van der Waals surface area contributed by atoms with Gasteiger partial charge in [-0.15, -0.1) is 53.6 Å². The zero-order valence-corrected chi connectivity index (χ0v) is 42.2. The zero-order valence-electron chi connectivity index (χ0n) is 39.9. The van der Waals surface area contributed by atoms with Crippen molar-refractivity contribution in [2.75, 3.05) is 9.80 Å². The summed E-state index contributed by atoms with van der Waals surface area (Å²) < 4.78 is 9.25. The molecule has 0 spiro atoms. The first-order valence-corrected chi connectivity index (χ1v) is 23.9. The first-order chi connectivity index (χ1) is 33.5. The van der Waals surface area contributed by atoms with Crippen molar-refractivity contribution in [2.45, 2.75) is 52.4 Å². The van der Waals surface area contributed by atoms with Crippen molar-refractivity contribution in [1.82, 2.24) is 9.55 Å². The molecular formula is C64H49N4OPt-3. The topological polar surface area (TPSA) is 33.5 Å². The molecule has 0 radical (unpaired) electrons. The maximum atomic E-state index is 6.96. The molecule has 0 aliphatic carbocycles. The van der Waals surface area contributed by atoms with E-state index < -0.39 is 0 Å². The molecule has 0 unspecified atom stereocenters. The Morgan fingerprint density at radius 2 is 1.07 bits per heavy atom. The summed E-state index contributed by atoms with van der Waals surface area (Å²) in [6, 6.07) is 72.9. The number of hydrogen-bond donors (Lipinski definition) is 0. The fourth-order valence-electron chi connectivity index (χ4n) is 10.6. The summed E-state index contributed by atoms with van der Waals surface area (Å²) in [5, 5.41) is 12.9. The smallest absolute Gasteiger partial charge is 0.144 e. The Morgan fingerprint density at radius 1 is 0.471 bits per heavy atom. The number of rotatable bonds is 5. The average Bonchev–Trinajstić information content (AvgIpc) is 3.91. The third-order valence-electron chi connectivity index (χ3n) is 14.1. The molecule has 10 aromatic carbocycles. The molecule has 2 aromatic heterocycles. The number of benzene rings is 10. The molecule has 70 heavy (non-hydrogen) atoms. The van der Waals surface area contributed by atoms with Gasteiger partial charge in [0.15, 0.2) is 0 Å². The summed E-state index contributed by atoms with van der Waals surface area (Å²) >= 11 is 0. The number of para-hydroxylation sites is 3. The third kappa shape index (κ3) is 7.04. The van der Waals surface area contributed by atoms with E-state index in [0.717, 1.165) is 72.2 Å². The van der Waals surface area contributed by atoms with Crippen LogP contribution in [0.2, 0.25) is 0 Å². The molecule has 0 N–H and O–H groups in total. The fourth-order valence-corrected chi connectivity index (χ4v) is 10.6. The Labute approximate surface area is 422 Å². The van der Waals surface area contributed by atoms with Gasteiger partial charge in [0.05, 0.1) is 5.52 Å². The van der Waals surface area contributed by atoms with Gasteiger partial charge in [-0.05, 0) is 96.6 Å². The average molecular weight is 1090 g/mol. The molecule has 6 heteroatoms. The number of fused-ring (bicyclic) bond motifs is 13. The fraction of sp³-hybridized carbons (Fsp3) is 0.125. The van der Waals surface area contributed by atoms with E-state index in [1.807, 2.05) is 6.07 Å². The molecule has 12 aromatic rings. The molecule has 0 amide bonds. The zero-order chi connectivity index (χ0) is 46.8. The SMILES string of the molecule is CC(C)(C)c1ccc(N2[CH-]N(c3[c-]c(Oc4[c-]c5c(cc4)c4ccccc4n5-c4nc5ccc6ccc7ccccc7c6c5c5c4ccc4ccccc45)cc(C(C)(C)C)c3)c3ccccc32)cc1.[Pt]. The van der Waals surface area contributed by atoms with Crippen molar-refractivity contribution < 1.29 is 25.8 Å². The van der Waals surface area contributed by atoms with E-state index in [0.29, 0.717) is 11.5 Å². The van der Waals surface area contributed by atoms with Crippen LogP contribution in [0, 0.1) is 18.8 Å². The van der Waals surface area contributed by atoms with Gasteiger partial charge in [-0.3, -0.25) is 0 Å². The second-order valence-corrected chi connectivity index (χ2v) is 20.5. The van der Waals surface area contributed by atoms with Gasteiger partial charge in [-0.1, -0.05) is 162 Å². The molecule has 344 valence electrons. The number of nitrogens with zero attached hydrogens (tertiary/aromatic N) is 4. The summed E-state index contributed by atoms with van der Waals surface area (Å²) in [6.45, 7) is 15.7. The van der Waals surface area contributed by atoms with Crippen LogP contribution in [0.25, 0.3) is 81.6 Å². The number of hydrogen-bond acceptors (Lipinski definition) is 4. The first kappa shape index (κ1) is 43.8. The van der Waals surface area contributed by atoms with Crippen LogP contribution < -0.4 is 14.5 Å². The summed E-state index contributed by atoms with van der Waals surface area (Å²) in [4.78, 5) is 10.2. The number of ether oxygens (including phenoxy) is 1. The predicted octanol–water partition coefficient (Wildman–Crippen LogP) is 17.3. The van der Waals surface area contributed by atoms with Crippen LogP contribution >= 0.6 is 0 Å². The van der Waals surface area contributed by atoms with E-state index in [4.69, 9.17) is 9.72 Å². The van der Waals surface area contributed by atoms with Gasteiger partial charge in [0.1, 0.15) is 5.82 Å². The Morgan fingerprint density at radius 3 is 1.80 bits per heavy atom.